The molecule has 0 amide bonds. The minimum Gasteiger partial charge on any atom is -0.465 e. The molecule has 0 bridgehead atoms. The average molecular weight is 298 g/mol. The topological polar surface area (TPSA) is 38.3 Å². The number of ether oxygens (including phenoxy) is 1. The average Bonchev–Trinajstić information content (AvgIpc) is 2.32. The Hall–Kier alpha value is -1.13. The maximum Gasteiger partial charge on any atom is 0.327 e. The van der Waals surface area contributed by atoms with Gasteiger partial charge in [0.1, 0.15) is 6.04 Å². The lowest BCUT2D eigenvalue weighted by atomic mass is 10.1. The zero-order chi connectivity index (χ0) is 12.7. The largest absolute Gasteiger partial charge is 0.465 e. The Labute approximate surface area is 110 Å². The van der Waals surface area contributed by atoms with Crippen molar-refractivity contribution in [3.8, 4) is 0 Å². The van der Waals surface area contributed by atoms with Gasteiger partial charge in [0.15, 0.2) is 0 Å². The van der Waals surface area contributed by atoms with Gasteiger partial charge >= 0.3 is 5.97 Å². The Kier molecular flexibility index (Phi) is 5.94. The van der Waals surface area contributed by atoms with E-state index in [1.807, 2.05) is 24.3 Å². The molecule has 0 saturated carbocycles. The maximum atomic E-state index is 11.8. The number of carbonyl (C=O) groups is 1. The summed E-state index contributed by atoms with van der Waals surface area (Å²) in [5.74, 6) is -0.267. The van der Waals surface area contributed by atoms with E-state index < -0.39 is 6.04 Å². The quantitative estimate of drug-likeness (QED) is 0.648. The molecule has 4 heteroatoms. The third-order valence-electron chi connectivity index (χ3n) is 2.19. The molecule has 0 spiro atoms. The Morgan fingerprint density at radius 1 is 1.53 bits per heavy atom. The highest BCUT2D eigenvalue weighted by Gasteiger charge is 2.20. The third kappa shape index (κ3) is 4.32. The number of rotatable bonds is 6. The van der Waals surface area contributed by atoms with Crippen LogP contribution in [0, 0.1) is 0 Å². The number of hydrogen-bond donors (Lipinski definition) is 1. The molecule has 0 aliphatic heterocycles. The van der Waals surface area contributed by atoms with Crippen LogP contribution in [-0.2, 0) is 9.53 Å². The molecule has 0 fully saturated rings. The highest BCUT2D eigenvalue weighted by molar-refractivity contribution is 9.10. The monoisotopic (exact) mass is 297 g/mol. The van der Waals surface area contributed by atoms with Crippen LogP contribution in [0.1, 0.15) is 18.5 Å². The van der Waals surface area contributed by atoms with E-state index in [2.05, 4.69) is 27.8 Å². The van der Waals surface area contributed by atoms with Crippen molar-refractivity contribution in [1.82, 2.24) is 5.32 Å². The van der Waals surface area contributed by atoms with Gasteiger partial charge < -0.3 is 4.74 Å². The van der Waals surface area contributed by atoms with Gasteiger partial charge in [0.05, 0.1) is 6.61 Å². The summed E-state index contributed by atoms with van der Waals surface area (Å²) < 4.78 is 6.02. The summed E-state index contributed by atoms with van der Waals surface area (Å²) in [6.07, 6.45) is 1.71. The van der Waals surface area contributed by atoms with Crippen molar-refractivity contribution < 1.29 is 9.53 Å². The fraction of sp³-hybridized carbons (Fsp3) is 0.308. The summed E-state index contributed by atoms with van der Waals surface area (Å²) >= 11 is 3.36. The van der Waals surface area contributed by atoms with Crippen molar-refractivity contribution in [2.75, 3.05) is 13.2 Å². The van der Waals surface area contributed by atoms with E-state index in [4.69, 9.17) is 4.74 Å². The standard InChI is InChI=1S/C13H16BrNO2/c1-3-9-15-12(13(16)17-4-2)10-5-7-11(14)8-6-10/h3,5-8,12,15H,1,4,9H2,2H3. The van der Waals surface area contributed by atoms with E-state index in [9.17, 15) is 4.79 Å². The van der Waals surface area contributed by atoms with E-state index in [1.54, 1.807) is 13.0 Å². The van der Waals surface area contributed by atoms with Crippen molar-refractivity contribution in [3.63, 3.8) is 0 Å². The van der Waals surface area contributed by atoms with E-state index in [1.165, 1.54) is 0 Å². The molecule has 3 nitrogen and oxygen atoms in total. The Morgan fingerprint density at radius 3 is 2.71 bits per heavy atom. The summed E-state index contributed by atoms with van der Waals surface area (Å²) in [6.45, 7) is 6.35. The molecule has 17 heavy (non-hydrogen) atoms. The minimum atomic E-state index is -0.443. The van der Waals surface area contributed by atoms with Crippen molar-refractivity contribution in [3.05, 3.63) is 47.0 Å². The highest BCUT2D eigenvalue weighted by atomic mass is 79.9. The molecule has 0 radical (unpaired) electrons. The minimum absolute atomic E-state index is 0.267. The van der Waals surface area contributed by atoms with Crippen LogP contribution in [0.2, 0.25) is 0 Å². The van der Waals surface area contributed by atoms with Gasteiger partial charge in [-0.05, 0) is 24.6 Å². The zero-order valence-corrected chi connectivity index (χ0v) is 11.4. The predicted octanol–water partition coefficient (Wildman–Crippen LogP) is 2.83. The molecule has 1 unspecified atom stereocenters. The van der Waals surface area contributed by atoms with Gasteiger partial charge in [-0.1, -0.05) is 34.1 Å². The van der Waals surface area contributed by atoms with Crippen LogP contribution in [0.15, 0.2) is 41.4 Å². The summed E-state index contributed by atoms with van der Waals surface area (Å²) in [7, 11) is 0. The first-order valence-electron chi connectivity index (χ1n) is 5.45. The molecule has 0 heterocycles. The van der Waals surface area contributed by atoms with Crippen molar-refractivity contribution in [1.29, 1.82) is 0 Å². The molecule has 0 aromatic heterocycles. The van der Waals surface area contributed by atoms with Gasteiger partial charge in [0, 0.05) is 11.0 Å². The number of esters is 1. The fourth-order valence-electron chi connectivity index (χ4n) is 1.42. The van der Waals surface area contributed by atoms with Crippen LogP contribution in [0.4, 0.5) is 0 Å². The van der Waals surface area contributed by atoms with Crippen LogP contribution >= 0.6 is 15.9 Å². The molecule has 0 saturated heterocycles. The van der Waals surface area contributed by atoms with E-state index in [-0.39, 0.29) is 5.97 Å². The van der Waals surface area contributed by atoms with Gasteiger partial charge in [-0.2, -0.15) is 0 Å². The first kappa shape index (κ1) is 13.9. The molecule has 0 aliphatic carbocycles. The first-order valence-corrected chi connectivity index (χ1v) is 6.24. The summed E-state index contributed by atoms with van der Waals surface area (Å²) in [5, 5.41) is 3.08. The van der Waals surface area contributed by atoms with Gasteiger partial charge in [-0.25, -0.2) is 4.79 Å². The second-order valence-corrected chi connectivity index (χ2v) is 4.35. The van der Waals surface area contributed by atoms with E-state index in [0.29, 0.717) is 13.2 Å². The van der Waals surface area contributed by atoms with Crippen molar-refractivity contribution in [2.24, 2.45) is 0 Å². The third-order valence-corrected chi connectivity index (χ3v) is 2.72. The Morgan fingerprint density at radius 2 is 2.18 bits per heavy atom. The summed E-state index contributed by atoms with van der Waals surface area (Å²) in [5.41, 5.74) is 0.883. The Bertz CT molecular complexity index is 376. The SMILES string of the molecule is C=CCNC(C(=O)OCC)c1ccc(Br)cc1. The highest BCUT2D eigenvalue weighted by Crippen LogP contribution is 2.18. The molecule has 1 N–H and O–H groups in total. The second-order valence-electron chi connectivity index (χ2n) is 3.43. The molecular formula is C13H16BrNO2. The number of carbonyl (C=O) groups excluding carboxylic acids is 1. The van der Waals surface area contributed by atoms with Crippen LogP contribution in [-0.4, -0.2) is 19.1 Å². The number of benzene rings is 1. The lowest BCUT2D eigenvalue weighted by Crippen LogP contribution is -2.30. The molecule has 1 aromatic carbocycles. The van der Waals surface area contributed by atoms with Gasteiger partial charge in [-0.3, -0.25) is 5.32 Å². The molecule has 0 aliphatic rings. The van der Waals surface area contributed by atoms with Crippen LogP contribution < -0.4 is 5.32 Å². The summed E-state index contributed by atoms with van der Waals surface area (Å²) in [6, 6.07) is 7.14. The molecule has 1 atom stereocenters. The smallest absolute Gasteiger partial charge is 0.327 e. The lowest BCUT2D eigenvalue weighted by molar-refractivity contribution is -0.145. The van der Waals surface area contributed by atoms with Crippen molar-refractivity contribution >= 4 is 21.9 Å². The number of hydrogen-bond acceptors (Lipinski definition) is 3. The van der Waals surface area contributed by atoms with Crippen molar-refractivity contribution in [2.45, 2.75) is 13.0 Å². The molecular weight excluding hydrogens is 282 g/mol. The Balaban J connectivity index is 2.84. The summed E-state index contributed by atoms with van der Waals surface area (Å²) in [4.78, 5) is 11.8. The number of halogens is 1. The fourth-order valence-corrected chi connectivity index (χ4v) is 1.68. The molecule has 1 rings (SSSR count). The predicted molar refractivity (Wildman–Crippen MR) is 71.7 cm³/mol. The molecule has 1 aromatic rings. The van der Waals surface area contributed by atoms with Crippen LogP contribution in [0.5, 0.6) is 0 Å². The normalized spacial score (nSPS) is 11.9. The van der Waals surface area contributed by atoms with E-state index in [0.717, 1.165) is 10.0 Å². The maximum absolute atomic E-state index is 11.8. The zero-order valence-electron chi connectivity index (χ0n) is 9.78. The lowest BCUT2D eigenvalue weighted by Gasteiger charge is -2.16. The number of nitrogens with one attached hydrogen (secondary N) is 1. The van der Waals surface area contributed by atoms with Crippen LogP contribution in [0.25, 0.3) is 0 Å². The van der Waals surface area contributed by atoms with Gasteiger partial charge in [-0.15, -0.1) is 6.58 Å². The first-order chi connectivity index (χ1) is 8.19. The van der Waals surface area contributed by atoms with E-state index >= 15 is 0 Å². The van der Waals surface area contributed by atoms with Crippen LogP contribution in [0.3, 0.4) is 0 Å². The van der Waals surface area contributed by atoms with Gasteiger partial charge in [0.2, 0.25) is 0 Å². The molecule has 92 valence electrons. The second kappa shape index (κ2) is 7.25. The van der Waals surface area contributed by atoms with Gasteiger partial charge in [0.25, 0.3) is 0 Å².